The number of amides is 2. The molecule has 0 unspecified atom stereocenters. The molecular weight excluding hydrogens is 342 g/mol. The smallest absolute Gasteiger partial charge is 0.247 e. The molecule has 4 rings (SSSR count). The predicted octanol–water partition coefficient (Wildman–Crippen LogP) is 3.50. The molecule has 0 aromatic heterocycles. The van der Waals surface area contributed by atoms with E-state index >= 15 is 0 Å². The van der Waals surface area contributed by atoms with E-state index in [0.717, 1.165) is 40.4 Å². The van der Waals surface area contributed by atoms with Crippen LogP contribution in [-0.2, 0) is 16.0 Å². The van der Waals surface area contributed by atoms with Gasteiger partial charge in [-0.1, -0.05) is 6.07 Å². The molecule has 0 saturated carbocycles. The molecule has 0 radical (unpaired) electrons. The van der Waals surface area contributed by atoms with Gasteiger partial charge in [-0.3, -0.25) is 9.59 Å². The van der Waals surface area contributed by atoms with Gasteiger partial charge in [-0.05, 0) is 60.9 Å². The number of aryl methyl sites for hydroxylation is 1. The Kier molecular flexibility index (Phi) is 4.62. The van der Waals surface area contributed by atoms with Gasteiger partial charge in [0.15, 0.2) is 0 Å². The number of hydrogen-bond donors (Lipinski definition) is 1. The minimum atomic E-state index is -0.0202. The summed E-state index contributed by atoms with van der Waals surface area (Å²) in [6.45, 7) is 2.53. The maximum atomic E-state index is 12.4. The number of nitrogens with zero attached hydrogens (tertiary/aromatic N) is 2. The molecule has 1 N–H and O–H groups in total. The fourth-order valence-electron chi connectivity index (χ4n) is 3.37. The van der Waals surface area contributed by atoms with Gasteiger partial charge >= 0.3 is 0 Å². The lowest BCUT2D eigenvalue weighted by molar-refractivity contribution is -0.119. The normalized spacial score (nSPS) is 16.5. The van der Waals surface area contributed by atoms with Crippen LogP contribution in [0.2, 0.25) is 0 Å². The van der Waals surface area contributed by atoms with Crippen LogP contribution in [0.5, 0.6) is 5.75 Å². The number of anilines is 2. The first-order valence-electron chi connectivity index (χ1n) is 9.20. The molecule has 2 aromatic rings. The van der Waals surface area contributed by atoms with Crippen molar-refractivity contribution in [3.05, 3.63) is 53.6 Å². The Morgan fingerprint density at radius 3 is 2.63 bits per heavy atom. The topological polar surface area (TPSA) is 71.0 Å². The fraction of sp³-hybridized carbons (Fsp3) is 0.286. The van der Waals surface area contributed by atoms with Gasteiger partial charge in [-0.25, -0.2) is 5.01 Å². The average molecular weight is 363 g/mol. The second kappa shape index (κ2) is 7.23. The highest BCUT2D eigenvalue weighted by molar-refractivity contribution is 6.09. The quantitative estimate of drug-likeness (QED) is 0.904. The monoisotopic (exact) mass is 363 g/mol. The van der Waals surface area contributed by atoms with Gasteiger partial charge in [-0.2, -0.15) is 5.10 Å². The lowest BCUT2D eigenvalue weighted by Gasteiger charge is -2.25. The summed E-state index contributed by atoms with van der Waals surface area (Å²) in [5.74, 6) is 0.803. The van der Waals surface area contributed by atoms with E-state index in [1.807, 2.05) is 43.3 Å². The summed E-state index contributed by atoms with van der Waals surface area (Å²) >= 11 is 0. The number of carbonyl (C=O) groups is 2. The van der Waals surface area contributed by atoms with Crippen molar-refractivity contribution < 1.29 is 14.3 Å². The molecule has 0 spiro atoms. The summed E-state index contributed by atoms with van der Waals surface area (Å²) in [5.41, 5.74) is 4.58. The van der Waals surface area contributed by atoms with Gasteiger partial charge in [0.1, 0.15) is 5.75 Å². The summed E-state index contributed by atoms with van der Waals surface area (Å²) in [6, 6.07) is 13.3. The van der Waals surface area contributed by atoms with E-state index in [9.17, 15) is 9.59 Å². The number of fused-ring (bicyclic) bond motifs is 1. The van der Waals surface area contributed by atoms with Crippen LogP contribution in [0, 0.1) is 0 Å². The highest BCUT2D eigenvalue weighted by Gasteiger charge is 2.24. The molecule has 138 valence electrons. The Balaban J connectivity index is 1.62. The lowest BCUT2D eigenvalue weighted by atomic mass is 9.96. The first-order valence-corrected chi connectivity index (χ1v) is 9.20. The van der Waals surface area contributed by atoms with Gasteiger partial charge in [0.05, 0.1) is 18.0 Å². The van der Waals surface area contributed by atoms with E-state index in [-0.39, 0.29) is 11.8 Å². The summed E-state index contributed by atoms with van der Waals surface area (Å²) < 4.78 is 5.46. The first-order chi connectivity index (χ1) is 13.1. The van der Waals surface area contributed by atoms with Crippen molar-refractivity contribution in [2.45, 2.75) is 32.6 Å². The fourth-order valence-corrected chi connectivity index (χ4v) is 3.37. The van der Waals surface area contributed by atoms with Crippen molar-refractivity contribution >= 4 is 28.9 Å². The summed E-state index contributed by atoms with van der Waals surface area (Å²) in [4.78, 5) is 23.9. The highest BCUT2D eigenvalue weighted by Crippen LogP contribution is 2.28. The summed E-state index contributed by atoms with van der Waals surface area (Å²) in [5, 5.41) is 8.98. The molecule has 2 aliphatic heterocycles. The molecule has 2 aromatic carbocycles. The highest BCUT2D eigenvalue weighted by atomic mass is 16.5. The third-order valence-electron chi connectivity index (χ3n) is 4.76. The second-order valence-electron chi connectivity index (χ2n) is 6.60. The summed E-state index contributed by atoms with van der Waals surface area (Å²) in [7, 11) is 0. The van der Waals surface area contributed by atoms with Crippen LogP contribution in [0.3, 0.4) is 0 Å². The zero-order chi connectivity index (χ0) is 18.8. The zero-order valence-corrected chi connectivity index (χ0v) is 15.2. The average Bonchev–Trinajstić information content (AvgIpc) is 2.69. The number of nitrogens with one attached hydrogen (secondary N) is 1. The maximum absolute atomic E-state index is 12.4. The SMILES string of the molecule is CCOc1ccc(N2N=C(c3ccc4c(c3)CCC(=O)N4)CCC2=O)cc1. The molecule has 6 heteroatoms. The molecule has 6 nitrogen and oxygen atoms in total. The van der Waals surface area contributed by atoms with Crippen molar-refractivity contribution in [1.29, 1.82) is 0 Å². The second-order valence-corrected chi connectivity index (χ2v) is 6.60. The van der Waals surface area contributed by atoms with Crippen molar-refractivity contribution in [2.75, 3.05) is 16.9 Å². The Morgan fingerprint density at radius 2 is 1.85 bits per heavy atom. The van der Waals surface area contributed by atoms with E-state index in [2.05, 4.69) is 16.5 Å². The minimum Gasteiger partial charge on any atom is -0.494 e. The number of benzene rings is 2. The van der Waals surface area contributed by atoms with Crippen molar-refractivity contribution in [1.82, 2.24) is 0 Å². The molecule has 2 amide bonds. The van der Waals surface area contributed by atoms with Crippen molar-refractivity contribution in [3.8, 4) is 5.75 Å². The number of rotatable bonds is 4. The molecule has 0 aliphatic carbocycles. The molecule has 0 fully saturated rings. The van der Waals surface area contributed by atoms with E-state index in [1.165, 1.54) is 5.01 Å². The van der Waals surface area contributed by atoms with E-state index in [1.54, 1.807) is 0 Å². The minimum absolute atomic E-state index is 0.0202. The number of hydrazone groups is 1. The number of ether oxygens (including phenoxy) is 1. The van der Waals surface area contributed by atoms with E-state index in [0.29, 0.717) is 25.9 Å². The van der Waals surface area contributed by atoms with Crippen molar-refractivity contribution in [3.63, 3.8) is 0 Å². The molecule has 2 aliphatic rings. The molecule has 0 bridgehead atoms. The first kappa shape index (κ1) is 17.3. The Morgan fingerprint density at radius 1 is 1.04 bits per heavy atom. The number of hydrogen-bond acceptors (Lipinski definition) is 4. The largest absolute Gasteiger partial charge is 0.494 e. The third-order valence-corrected chi connectivity index (χ3v) is 4.76. The Labute approximate surface area is 157 Å². The van der Waals surface area contributed by atoms with Crippen LogP contribution < -0.4 is 15.1 Å². The van der Waals surface area contributed by atoms with Gasteiger partial charge in [-0.15, -0.1) is 0 Å². The molecule has 0 atom stereocenters. The molecule has 0 saturated heterocycles. The maximum Gasteiger partial charge on any atom is 0.247 e. The standard InChI is InChI=1S/C21H21N3O3/c1-2-27-17-7-5-16(6-8-17)24-21(26)12-10-19(23-24)15-3-9-18-14(13-15)4-11-20(25)22-18/h3,5-9,13H,2,4,10-12H2,1H3,(H,22,25). The van der Waals surface area contributed by atoms with E-state index in [4.69, 9.17) is 4.74 Å². The summed E-state index contributed by atoms with van der Waals surface area (Å²) in [6.07, 6.45) is 2.25. The lowest BCUT2D eigenvalue weighted by Crippen LogP contribution is -2.32. The molecular formula is C21H21N3O3. The van der Waals surface area contributed by atoms with Crippen LogP contribution in [-0.4, -0.2) is 24.1 Å². The third kappa shape index (κ3) is 3.56. The van der Waals surface area contributed by atoms with Crippen LogP contribution in [0.1, 0.15) is 37.3 Å². The van der Waals surface area contributed by atoms with Gasteiger partial charge < -0.3 is 10.1 Å². The van der Waals surface area contributed by atoms with E-state index < -0.39 is 0 Å². The van der Waals surface area contributed by atoms with Crippen LogP contribution in [0.4, 0.5) is 11.4 Å². The van der Waals surface area contributed by atoms with Crippen LogP contribution in [0.15, 0.2) is 47.6 Å². The van der Waals surface area contributed by atoms with Gasteiger partial charge in [0.25, 0.3) is 0 Å². The molecule has 27 heavy (non-hydrogen) atoms. The van der Waals surface area contributed by atoms with Crippen LogP contribution in [0.25, 0.3) is 0 Å². The van der Waals surface area contributed by atoms with Crippen LogP contribution >= 0.6 is 0 Å². The molecule has 2 heterocycles. The van der Waals surface area contributed by atoms with Crippen molar-refractivity contribution in [2.24, 2.45) is 5.10 Å². The Bertz CT molecular complexity index is 919. The van der Waals surface area contributed by atoms with Gasteiger partial charge in [0, 0.05) is 24.9 Å². The van der Waals surface area contributed by atoms with Gasteiger partial charge in [0.2, 0.25) is 11.8 Å². The Hall–Kier alpha value is -3.15. The number of carbonyl (C=O) groups excluding carboxylic acids is 2. The predicted molar refractivity (Wildman–Crippen MR) is 104 cm³/mol. The zero-order valence-electron chi connectivity index (χ0n) is 15.2.